The van der Waals surface area contributed by atoms with E-state index in [9.17, 15) is 34.4 Å². The van der Waals surface area contributed by atoms with E-state index >= 15 is 0 Å². The van der Waals surface area contributed by atoms with Crippen molar-refractivity contribution in [2.24, 2.45) is 0 Å². The first-order valence-corrected chi connectivity index (χ1v) is 13.6. The molecule has 2 aromatic rings. The molecule has 174 valence electrons. The van der Waals surface area contributed by atoms with E-state index in [0.29, 0.717) is 0 Å². The predicted molar refractivity (Wildman–Crippen MR) is 121 cm³/mol. The van der Waals surface area contributed by atoms with E-state index < -0.39 is 40.1 Å². The van der Waals surface area contributed by atoms with Crippen LogP contribution in [0.15, 0.2) is 46.2 Å². The minimum atomic E-state index is -5.02. The normalized spacial score (nSPS) is 11.8. The number of rotatable bonds is 7. The molecule has 0 unspecified atom stereocenters. The Morgan fingerprint density at radius 2 is 1.24 bits per heavy atom. The third-order valence-electron chi connectivity index (χ3n) is 3.80. The third-order valence-corrected chi connectivity index (χ3v) is 6.49. The van der Waals surface area contributed by atoms with Crippen LogP contribution >= 0.6 is 12.2 Å². The second-order valence-electron chi connectivity index (χ2n) is 6.33. The van der Waals surface area contributed by atoms with E-state index in [1.54, 1.807) is 0 Å². The molecule has 0 radical (unpaired) electrons. The van der Waals surface area contributed by atoms with Gasteiger partial charge in [0.15, 0.2) is 5.11 Å². The SMILES string of the molecule is CNC(=S)Nc1ccc(C=Cc2ccc(NS(C)(=O)=O)cc2S(=O)(=O)[O-])c(S(=O)(=O)[O-])c1.[Na+].[Na+]. The second-order valence-corrected chi connectivity index (χ2v) is 11.2. The van der Waals surface area contributed by atoms with E-state index in [-0.39, 0.29) is 86.7 Å². The van der Waals surface area contributed by atoms with Crippen molar-refractivity contribution < 1.29 is 93.5 Å². The van der Waals surface area contributed by atoms with Crippen molar-refractivity contribution in [3.63, 3.8) is 0 Å². The number of benzene rings is 2. The second kappa shape index (κ2) is 13.1. The molecule has 0 amide bonds. The molecule has 17 heteroatoms. The molecule has 0 atom stereocenters. The smallest absolute Gasteiger partial charge is 0.744 e. The van der Waals surface area contributed by atoms with E-state index in [1.807, 2.05) is 0 Å². The minimum absolute atomic E-state index is 0. The molecule has 0 aliphatic carbocycles. The summed E-state index contributed by atoms with van der Waals surface area (Å²) in [6.07, 6.45) is 3.10. The number of hydrogen-bond donors (Lipinski definition) is 3. The Kier molecular flexibility index (Phi) is 12.9. The van der Waals surface area contributed by atoms with E-state index in [2.05, 4.69) is 15.4 Å². The zero-order valence-electron chi connectivity index (χ0n) is 18.5. The topological polar surface area (TPSA) is 185 Å². The van der Waals surface area contributed by atoms with Crippen LogP contribution in [0.1, 0.15) is 11.1 Å². The monoisotopic (exact) mass is 565 g/mol. The molecule has 0 spiro atoms. The van der Waals surface area contributed by atoms with Crippen LogP contribution in [0, 0.1) is 0 Å². The van der Waals surface area contributed by atoms with Crippen LogP contribution in [-0.2, 0) is 30.3 Å². The fourth-order valence-electron chi connectivity index (χ4n) is 2.51. The van der Waals surface area contributed by atoms with E-state index in [0.717, 1.165) is 36.6 Å². The van der Waals surface area contributed by atoms with Gasteiger partial charge in [-0.1, -0.05) is 24.3 Å². The summed E-state index contributed by atoms with van der Waals surface area (Å²) in [6, 6.07) is 6.97. The summed E-state index contributed by atoms with van der Waals surface area (Å²) >= 11 is 4.92. The van der Waals surface area contributed by atoms with E-state index in [1.165, 1.54) is 25.2 Å². The fraction of sp³-hybridized carbons (Fsp3) is 0.118. The van der Waals surface area contributed by atoms with Crippen LogP contribution in [0.2, 0.25) is 0 Å². The van der Waals surface area contributed by atoms with Crippen LogP contribution < -0.4 is 74.5 Å². The summed E-state index contributed by atoms with van der Waals surface area (Å²) in [5.74, 6) is 0. The van der Waals surface area contributed by atoms with Gasteiger partial charge in [-0.25, -0.2) is 25.3 Å². The molecular formula is C17H17N3Na2O8S4. The van der Waals surface area contributed by atoms with Crippen molar-refractivity contribution in [2.75, 3.05) is 23.3 Å². The number of thiocarbonyl (C=S) groups is 1. The molecule has 2 aromatic carbocycles. The van der Waals surface area contributed by atoms with Gasteiger partial charge in [0, 0.05) is 18.4 Å². The van der Waals surface area contributed by atoms with E-state index in [4.69, 9.17) is 12.2 Å². The Bertz CT molecular complexity index is 1410. The zero-order chi connectivity index (χ0) is 24.3. The number of hydrogen-bond acceptors (Lipinski definition) is 9. The van der Waals surface area contributed by atoms with Gasteiger partial charge in [0.05, 0.1) is 16.0 Å². The Labute approximate surface area is 247 Å². The molecule has 0 bridgehead atoms. The van der Waals surface area contributed by atoms with Crippen LogP contribution in [-0.4, -0.2) is 52.8 Å². The van der Waals surface area contributed by atoms with Crippen molar-refractivity contribution in [3.05, 3.63) is 47.5 Å². The first-order chi connectivity index (χ1) is 14.6. The molecule has 0 aromatic heterocycles. The first kappa shape index (κ1) is 33.4. The Morgan fingerprint density at radius 1 is 0.824 bits per heavy atom. The molecule has 0 aliphatic heterocycles. The fourth-order valence-corrected chi connectivity index (χ4v) is 4.57. The Hall–Kier alpha value is -0.560. The number of anilines is 2. The quantitative estimate of drug-likeness (QED) is 0.126. The van der Waals surface area contributed by atoms with Crippen LogP contribution in [0.25, 0.3) is 12.2 Å². The largest absolute Gasteiger partial charge is 1.00 e. The Balaban J connectivity index is 0.00000544. The van der Waals surface area contributed by atoms with Crippen LogP contribution in [0.5, 0.6) is 0 Å². The molecule has 0 heterocycles. The van der Waals surface area contributed by atoms with Crippen LogP contribution in [0.4, 0.5) is 11.4 Å². The minimum Gasteiger partial charge on any atom is -0.744 e. The zero-order valence-corrected chi connectivity index (χ0v) is 25.8. The summed E-state index contributed by atoms with van der Waals surface area (Å²) in [6.45, 7) is 0. The van der Waals surface area contributed by atoms with Gasteiger partial charge in [-0.3, -0.25) is 4.72 Å². The maximum absolute atomic E-state index is 11.7. The standard InChI is InChI=1S/C17H19N3O8S4.2Na/c1-18-17(29)19-13-7-5-11(15(9-13)31(23,24)25)3-4-12-6-8-14(20-30(2,21)22)10-16(12)32(26,27)28;;/h3-10,20H,1-2H3,(H2,18,19,29)(H,23,24,25)(H,26,27,28);;/q;2*+1/p-2. The molecule has 3 N–H and O–H groups in total. The summed E-state index contributed by atoms with van der Waals surface area (Å²) in [7, 11) is -12.1. The molecule has 34 heavy (non-hydrogen) atoms. The molecule has 11 nitrogen and oxygen atoms in total. The maximum atomic E-state index is 11.7. The van der Waals surface area contributed by atoms with Gasteiger partial charge in [0.1, 0.15) is 20.2 Å². The summed E-state index contributed by atoms with van der Waals surface area (Å²) in [5, 5.41) is 5.47. The summed E-state index contributed by atoms with van der Waals surface area (Å²) in [4.78, 5) is -1.36. The molecule has 0 saturated carbocycles. The molecule has 0 saturated heterocycles. The summed E-state index contributed by atoms with van der Waals surface area (Å²) < 4.78 is 94.8. The molecule has 0 fully saturated rings. The van der Waals surface area contributed by atoms with Gasteiger partial charge >= 0.3 is 59.1 Å². The average molecular weight is 566 g/mol. The average Bonchev–Trinajstić information content (AvgIpc) is 2.64. The Morgan fingerprint density at radius 3 is 1.62 bits per heavy atom. The third kappa shape index (κ3) is 10.2. The van der Waals surface area contributed by atoms with Crippen LogP contribution in [0.3, 0.4) is 0 Å². The van der Waals surface area contributed by atoms with Crippen molar-refractivity contribution in [2.45, 2.75) is 9.79 Å². The molecule has 2 rings (SSSR count). The number of nitrogens with one attached hydrogen (secondary N) is 3. The van der Waals surface area contributed by atoms with Crippen molar-refractivity contribution in [1.29, 1.82) is 0 Å². The predicted octanol–water partition coefficient (Wildman–Crippen LogP) is -5.04. The molecule has 0 aliphatic rings. The first-order valence-electron chi connectivity index (χ1n) is 8.44. The van der Waals surface area contributed by atoms with Gasteiger partial charge < -0.3 is 19.7 Å². The van der Waals surface area contributed by atoms with Gasteiger partial charge in [0.2, 0.25) is 10.0 Å². The maximum Gasteiger partial charge on any atom is 1.00 e. The van der Waals surface area contributed by atoms with Crippen molar-refractivity contribution >= 4 is 71.1 Å². The van der Waals surface area contributed by atoms with Gasteiger partial charge in [-0.15, -0.1) is 0 Å². The van der Waals surface area contributed by atoms with Gasteiger partial charge in [0.25, 0.3) is 0 Å². The molecular weight excluding hydrogens is 548 g/mol. The van der Waals surface area contributed by atoms with Crippen molar-refractivity contribution in [1.82, 2.24) is 5.32 Å². The van der Waals surface area contributed by atoms with Crippen molar-refractivity contribution in [3.8, 4) is 0 Å². The van der Waals surface area contributed by atoms with Gasteiger partial charge in [-0.05, 0) is 47.6 Å². The summed E-state index contributed by atoms with van der Waals surface area (Å²) in [5.41, 5.74) is -0.159. The van der Waals surface area contributed by atoms with Gasteiger partial charge in [-0.2, -0.15) is 0 Å². The number of sulfonamides is 1.